The van der Waals surface area contributed by atoms with Gasteiger partial charge in [0.1, 0.15) is 23.2 Å². The molecule has 0 aliphatic carbocycles. The van der Waals surface area contributed by atoms with Crippen LogP contribution in [0.2, 0.25) is 10.0 Å². The van der Waals surface area contributed by atoms with Crippen LogP contribution in [0.1, 0.15) is 11.1 Å². The van der Waals surface area contributed by atoms with Crippen LogP contribution in [0.3, 0.4) is 0 Å². The maximum absolute atomic E-state index is 13.0. The summed E-state index contributed by atoms with van der Waals surface area (Å²) in [6, 6.07) is 9.45. The van der Waals surface area contributed by atoms with Crippen LogP contribution in [-0.4, -0.2) is 4.99 Å². The number of nitrogens with two attached hydrogens (primary N) is 1. The van der Waals surface area contributed by atoms with Gasteiger partial charge >= 0.3 is 0 Å². The molecule has 0 fully saturated rings. The van der Waals surface area contributed by atoms with Gasteiger partial charge in [-0.1, -0.05) is 41.5 Å². The van der Waals surface area contributed by atoms with E-state index in [2.05, 4.69) is 0 Å². The minimum atomic E-state index is -0.459. The van der Waals surface area contributed by atoms with Gasteiger partial charge in [-0.05, 0) is 35.9 Å². The quantitative estimate of drug-likeness (QED) is 0.847. The summed E-state index contributed by atoms with van der Waals surface area (Å²) in [5.74, 6) is 0.106. The van der Waals surface area contributed by atoms with Crippen molar-refractivity contribution >= 4 is 40.4 Å². The van der Waals surface area contributed by atoms with Crippen LogP contribution in [0.4, 0.5) is 4.39 Å². The van der Waals surface area contributed by atoms with E-state index in [1.165, 1.54) is 12.1 Å². The molecule has 0 aliphatic heterocycles. The summed E-state index contributed by atoms with van der Waals surface area (Å²) in [5.41, 5.74) is 6.87. The molecule has 0 atom stereocenters. The van der Waals surface area contributed by atoms with Gasteiger partial charge in [0.25, 0.3) is 0 Å². The third kappa shape index (κ3) is 3.60. The number of benzene rings is 2. The molecule has 2 N–H and O–H groups in total. The van der Waals surface area contributed by atoms with Gasteiger partial charge in [0.05, 0.1) is 10.0 Å². The lowest BCUT2D eigenvalue weighted by molar-refractivity contribution is 0.306. The van der Waals surface area contributed by atoms with E-state index in [-0.39, 0.29) is 16.6 Å². The molecular weight excluding hydrogens is 320 g/mol. The van der Waals surface area contributed by atoms with Gasteiger partial charge in [-0.15, -0.1) is 0 Å². The SMILES string of the molecule is NC(=S)c1ccc(OCc2ccc(F)c(Cl)c2)cc1Cl. The number of hydrogen-bond donors (Lipinski definition) is 1. The number of thiocarbonyl (C=S) groups is 1. The van der Waals surface area contributed by atoms with Crippen LogP contribution in [0, 0.1) is 5.82 Å². The van der Waals surface area contributed by atoms with Crippen molar-refractivity contribution < 1.29 is 9.13 Å². The summed E-state index contributed by atoms with van der Waals surface area (Å²) < 4.78 is 18.6. The Bertz CT molecular complexity index is 664. The van der Waals surface area contributed by atoms with Crippen LogP contribution in [0.25, 0.3) is 0 Å². The fourth-order valence-electron chi connectivity index (χ4n) is 1.58. The average molecular weight is 330 g/mol. The highest BCUT2D eigenvalue weighted by Crippen LogP contribution is 2.24. The largest absolute Gasteiger partial charge is 0.489 e. The third-order valence-electron chi connectivity index (χ3n) is 2.60. The molecule has 0 saturated heterocycles. The summed E-state index contributed by atoms with van der Waals surface area (Å²) in [6.45, 7) is 0.253. The van der Waals surface area contributed by atoms with Crippen molar-refractivity contribution in [2.24, 2.45) is 5.73 Å². The number of halogens is 3. The molecule has 0 amide bonds. The average Bonchev–Trinajstić information content (AvgIpc) is 2.40. The maximum Gasteiger partial charge on any atom is 0.141 e. The summed E-state index contributed by atoms with van der Waals surface area (Å²) in [4.78, 5) is 0.229. The zero-order chi connectivity index (χ0) is 14.7. The van der Waals surface area contributed by atoms with Crippen molar-refractivity contribution in [1.82, 2.24) is 0 Å². The molecule has 2 aromatic rings. The van der Waals surface area contributed by atoms with E-state index in [1.807, 2.05) is 0 Å². The molecule has 0 unspecified atom stereocenters. The first kappa shape index (κ1) is 15.0. The number of ether oxygens (including phenoxy) is 1. The molecule has 2 rings (SSSR count). The summed E-state index contributed by atoms with van der Waals surface area (Å²) in [5, 5.41) is 0.486. The lowest BCUT2D eigenvalue weighted by atomic mass is 10.2. The number of rotatable bonds is 4. The van der Waals surface area contributed by atoms with E-state index in [1.54, 1.807) is 24.3 Å². The molecule has 20 heavy (non-hydrogen) atoms. The predicted octanol–water partition coefficient (Wildman–Crippen LogP) is 4.35. The van der Waals surface area contributed by atoms with Crippen molar-refractivity contribution in [2.75, 3.05) is 0 Å². The molecule has 0 bridgehead atoms. The first-order valence-electron chi connectivity index (χ1n) is 5.63. The first-order valence-corrected chi connectivity index (χ1v) is 6.80. The maximum atomic E-state index is 13.0. The van der Waals surface area contributed by atoms with Gasteiger partial charge in [-0.3, -0.25) is 0 Å². The molecule has 0 saturated carbocycles. The van der Waals surface area contributed by atoms with E-state index in [0.29, 0.717) is 16.3 Å². The second kappa shape index (κ2) is 6.39. The van der Waals surface area contributed by atoms with E-state index in [0.717, 1.165) is 5.56 Å². The molecule has 0 aliphatic rings. The monoisotopic (exact) mass is 329 g/mol. The highest BCUT2D eigenvalue weighted by molar-refractivity contribution is 7.80. The molecule has 0 radical (unpaired) electrons. The smallest absolute Gasteiger partial charge is 0.141 e. The Morgan fingerprint density at radius 3 is 2.50 bits per heavy atom. The van der Waals surface area contributed by atoms with Gasteiger partial charge in [-0.2, -0.15) is 0 Å². The van der Waals surface area contributed by atoms with Crippen LogP contribution in [0.15, 0.2) is 36.4 Å². The Balaban J connectivity index is 2.09. The zero-order valence-electron chi connectivity index (χ0n) is 10.2. The summed E-state index contributed by atoms with van der Waals surface area (Å²) in [6.07, 6.45) is 0. The predicted molar refractivity (Wildman–Crippen MR) is 83.1 cm³/mol. The van der Waals surface area contributed by atoms with Crippen molar-refractivity contribution in [3.63, 3.8) is 0 Å². The third-order valence-corrected chi connectivity index (χ3v) is 3.42. The molecule has 0 aromatic heterocycles. The van der Waals surface area contributed by atoms with E-state index >= 15 is 0 Å². The van der Waals surface area contributed by atoms with Gasteiger partial charge in [0.2, 0.25) is 0 Å². The van der Waals surface area contributed by atoms with E-state index < -0.39 is 5.82 Å². The topological polar surface area (TPSA) is 35.2 Å². The minimum absolute atomic E-state index is 0.0629. The normalized spacial score (nSPS) is 10.3. The van der Waals surface area contributed by atoms with Gasteiger partial charge < -0.3 is 10.5 Å². The highest BCUT2D eigenvalue weighted by Gasteiger charge is 2.06. The molecule has 6 heteroatoms. The van der Waals surface area contributed by atoms with Crippen molar-refractivity contribution in [3.05, 3.63) is 63.4 Å². The fourth-order valence-corrected chi connectivity index (χ4v) is 2.29. The summed E-state index contributed by atoms with van der Waals surface area (Å²) in [7, 11) is 0. The van der Waals surface area contributed by atoms with Crippen LogP contribution in [-0.2, 0) is 6.61 Å². The van der Waals surface area contributed by atoms with E-state index in [4.69, 9.17) is 45.9 Å². The zero-order valence-corrected chi connectivity index (χ0v) is 12.5. The fraction of sp³-hybridized carbons (Fsp3) is 0.0714. The Kier molecular flexibility index (Phi) is 4.81. The first-order chi connectivity index (χ1) is 9.47. The van der Waals surface area contributed by atoms with E-state index in [9.17, 15) is 4.39 Å². The molecular formula is C14H10Cl2FNOS. The molecule has 2 aromatic carbocycles. The molecule has 0 heterocycles. The van der Waals surface area contributed by atoms with Gasteiger partial charge in [0.15, 0.2) is 0 Å². The van der Waals surface area contributed by atoms with Crippen LogP contribution in [0.5, 0.6) is 5.75 Å². The standard InChI is InChI=1S/C14H10Cl2FNOS/c15-11-6-9(2-3-10(11)14(18)20)19-7-8-1-4-13(17)12(16)5-8/h1-6H,7H2,(H2,18,20). The van der Waals surface area contributed by atoms with Crippen molar-refractivity contribution in [3.8, 4) is 5.75 Å². The second-order valence-electron chi connectivity index (χ2n) is 4.04. The van der Waals surface area contributed by atoms with Crippen molar-refractivity contribution in [2.45, 2.75) is 6.61 Å². The van der Waals surface area contributed by atoms with Crippen molar-refractivity contribution in [1.29, 1.82) is 0 Å². The Hall–Kier alpha value is -1.36. The van der Waals surface area contributed by atoms with Crippen LogP contribution >= 0.6 is 35.4 Å². The summed E-state index contributed by atoms with van der Waals surface area (Å²) >= 11 is 16.6. The molecule has 0 spiro atoms. The number of hydrogen-bond acceptors (Lipinski definition) is 2. The van der Waals surface area contributed by atoms with Gasteiger partial charge in [-0.25, -0.2) is 4.39 Å². The lowest BCUT2D eigenvalue weighted by Crippen LogP contribution is -2.09. The van der Waals surface area contributed by atoms with Gasteiger partial charge in [0, 0.05) is 5.56 Å². The Morgan fingerprint density at radius 1 is 1.15 bits per heavy atom. The highest BCUT2D eigenvalue weighted by atomic mass is 35.5. The second-order valence-corrected chi connectivity index (χ2v) is 5.30. The Morgan fingerprint density at radius 2 is 1.90 bits per heavy atom. The lowest BCUT2D eigenvalue weighted by Gasteiger charge is -2.09. The minimum Gasteiger partial charge on any atom is -0.489 e. The Labute approximate surface area is 131 Å². The molecule has 104 valence electrons. The van der Waals surface area contributed by atoms with Crippen LogP contribution < -0.4 is 10.5 Å². The molecule has 2 nitrogen and oxygen atoms in total.